The number of carboxylic acid groups (broad SMARTS) is 4. The van der Waals surface area contributed by atoms with Crippen molar-refractivity contribution < 1.29 is 329 Å². The fourth-order valence-corrected chi connectivity index (χ4v) is 7.28. The third-order valence-electron chi connectivity index (χ3n) is 10.5. The summed E-state index contributed by atoms with van der Waals surface area (Å²) in [5.41, 5.74) is 4.83. The van der Waals surface area contributed by atoms with Crippen LogP contribution in [0.3, 0.4) is 0 Å². The standard InChI is InChI=1S/C44H46N6O11.4Cs/c51-41(52)31-23-32(42(53)54)26-37(25-31)49-11-9-39(45-49)29-1-5-35(6-2-29)47-13-17-59-18-14-48(16-20-61-22-21-60-19-15-47)36-7-3-30(4-8-36)40-10-12-50(46-40)38-27-33(43(55)56)24-34(28-38)44(57)58;;;;/h1-8,23-28H,9-22H2,(H,51,52)(H,53,54)(H,55,56)(H,57,58);;;;/q;4*+1/p-4. The summed E-state index contributed by atoms with van der Waals surface area (Å²) in [4.78, 5) is 50.3. The molecule has 17 nitrogen and oxygen atoms in total. The number of nitrogens with zero attached hydrogens (tertiary/aromatic N) is 6. The van der Waals surface area contributed by atoms with Crippen LogP contribution in [0.15, 0.2) is 95.1 Å². The van der Waals surface area contributed by atoms with E-state index in [9.17, 15) is 39.6 Å². The fourth-order valence-electron chi connectivity index (χ4n) is 7.28. The number of hydrazone groups is 2. The smallest absolute Gasteiger partial charge is 0.545 e. The van der Waals surface area contributed by atoms with Crippen LogP contribution in [0.25, 0.3) is 0 Å². The van der Waals surface area contributed by atoms with Crippen LogP contribution < -0.4 is 316 Å². The van der Waals surface area contributed by atoms with E-state index in [4.69, 9.17) is 14.2 Å². The Morgan fingerprint density at radius 3 is 0.985 bits per heavy atom. The second kappa shape index (κ2) is 30.4. The van der Waals surface area contributed by atoms with Gasteiger partial charge in [0.25, 0.3) is 0 Å². The van der Waals surface area contributed by atoms with E-state index in [1.54, 1.807) is 10.0 Å². The molecule has 0 unspecified atom stereocenters. The van der Waals surface area contributed by atoms with Gasteiger partial charge in [-0.2, -0.15) is 10.2 Å². The van der Waals surface area contributed by atoms with Crippen molar-refractivity contribution in [2.24, 2.45) is 10.2 Å². The van der Waals surface area contributed by atoms with Crippen molar-refractivity contribution in [1.82, 2.24) is 0 Å². The fraction of sp³-hybridized carbons (Fsp3) is 0.318. The molecule has 0 saturated carbocycles. The van der Waals surface area contributed by atoms with Gasteiger partial charge in [-0.05, 0) is 94.0 Å². The zero-order valence-corrected chi connectivity index (χ0v) is 62.3. The number of rotatable bonds is 10. The maximum Gasteiger partial charge on any atom is 1.00 e. The number of hydrogen-bond acceptors (Lipinski definition) is 17. The molecule has 65 heavy (non-hydrogen) atoms. The zero-order chi connectivity index (χ0) is 42.9. The number of hydrogen-bond donors (Lipinski definition) is 0. The molecule has 3 aliphatic heterocycles. The van der Waals surface area contributed by atoms with Gasteiger partial charge < -0.3 is 63.6 Å². The molecule has 4 aromatic carbocycles. The summed E-state index contributed by atoms with van der Waals surface area (Å²) in [6, 6.07) is 23.3. The molecule has 3 heterocycles. The summed E-state index contributed by atoms with van der Waals surface area (Å²) >= 11 is 0. The SMILES string of the molecule is O=C([O-])c1cc(C(=O)[O-])cc(N2CCC(c3ccc(N4CCOCCOCCN(c5ccc(C6=NN(c7cc(C(=O)[O-])cc(C(=O)[O-])c7)CC6)cc5)CCOCC4)cc3)=N2)c1.[Cs+].[Cs+].[Cs+].[Cs+]. The van der Waals surface area contributed by atoms with Gasteiger partial charge in [0.05, 0.1) is 86.3 Å². The second-order valence-electron chi connectivity index (χ2n) is 14.4. The minimum Gasteiger partial charge on any atom is -0.545 e. The van der Waals surface area contributed by atoms with E-state index in [0.29, 0.717) is 103 Å². The van der Waals surface area contributed by atoms with Gasteiger partial charge in [-0.15, -0.1) is 0 Å². The van der Waals surface area contributed by atoms with Crippen LogP contribution >= 0.6 is 0 Å². The van der Waals surface area contributed by atoms with Crippen molar-refractivity contribution >= 4 is 58.1 Å². The van der Waals surface area contributed by atoms with Crippen molar-refractivity contribution in [3.8, 4) is 0 Å². The molecule has 21 heteroatoms. The van der Waals surface area contributed by atoms with Crippen LogP contribution in [0.4, 0.5) is 22.7 Å². The monoisotopic (exact) mass is 1360 g/mol. The van der Waals surface area contributed by atoms with E-state index in [1.807, 2.05) is 48.5 Å². The molecule has 0 N–H and O–H groups in total. The normalized spacial score (nSPS) is 15.9. The molecular weight excluding hydrogens is 1320 g/mol. The number of benzene rings is 4. The molecule has 4 aromatic rings. The van der Waals surface area contributed by atoms with E-state index < -0.39 is 23.9 Å². The minimum absolute atomic E-state index is 0. The molecule has 0 radical (unpaired) electrons. The predicted octanol–water partition coefficient (Wildman–Crippen LogP) is -12.2. The Bertz CT molecular complexity index is 2110. The van der Waals surface area contributed by atoms with Gasteiger partial charge >= 0.3 is 276 Å². The Morgan fingerprint density at radius 2 is 0.692 bits per heavy atom. The van der Waals surface area contributed by atoms with Crippen LogP contribution in [0.2, 0.25) is 0 Å². The molecule has 3 aliphatic rings. The molecule has 1 saturated heterocycles. The third-order valence-corrected chi connectivity index (χ3v) is 10.5. The van der Waals surface area contributed by atoms with E-state index in [-0.39, 0.29) is 298 Å². The van der Waals surface area contributed by atoms with Crippen molar-refractivity contribution in [3.63, 3.8) is 0 Å². The summed E-state index contributed by atoms with van der Waals surface area (Å²) in [5.74, 6) is -5.96. The number of ether oxygens (including phenoxy) is 3. The van der Waals surface area contributed by atoms with Gasteiger partial charge in [0.2, 0.25) is 0 Å². The molecule has 0 bridgehead atoms. The Morgan fingerprint density at radius 1 is 0.400 bits per heavy atom. The topological polar surface area (TPSA) is 226 Å². The Kier molecular flexibility index (Phi) is 28.4. The van der Waals surface area contributed by atoms with Crippen molar-refractivity contribution in [1.29, 1.82) is 0 Å². The molecule has 0 atom stereocenters. The summed E-state index contributed by atoms with van der Waals surface area (Å²) in [5, 5.41) is 58.4. The summed E-state index contributed by atoms with van der Waals surface area (Å²) < 4.78 is 18.0. The number of carbonyl (C=O) groups is 4. The van der Waals surface area contributed by atoms with E-state index in [0.717, 1.165) is 46.1 Å². The third kappa shape index (κ3) is 17.5. The molecule has 1 fully saturated rings. The number of carbonyl (C=O) groups excluding carboxylic acids is 4. The van der Waals surface area contributed by atoms with E-state index in [1.165, 1.54) is 24.3 Å². The number of carboxylic acids is 4. The maximum absolute atomic E-state index is 11.5. The molecule has 318 valence electrons. The summed E-state index contributed by atoms with van der Waals surface area (Å²) in [6.45, 7) is 6.15. The van der Waals surface area contributed by atoms with Crippen LogP contribution in [0.1, 0.15) is 65.4 Å². The van der Waals surface area contributed by atoms with Gasteiger partial charge in [0.15, 0.2) is 0 Å². The van der Waals surface area contributed by atoms with Gasteiger partial charge in [0.1, 0.15) is 0 Å². The van der Waals surface area contributed by atoms with Gasteiger partial charge in [0, 0.05) is 63.5 Å². The van der Waals surface area contributed by atoms with Gasteiger partial charge in [-0.25, -0.2) is 0 Å². The Balaban J connectivity index is 0.00000281. The van der Waals surface area contributed by atoms with Crippen LogP contribution in [-0.4, -0.2) is 114 Å². The molecule has 0 amide bonds. The average Bonchev–Trinajstić information content (AvgIpc) is 3.97. The molecule has 7 rings (SSSR count). The van der Waals surface area contributed by atoms with E-state index in [2.05, 4.69) is 20.0 Å². The van der Waals surface area contributed by atoms with Crippen molar-refractivity contribution in [3.05, 3.63) is 118 Å². The molecule has 0 spiro atoms. The Hall–Kier alpha value is 1.39. The molecule has 0 aliphatic carbocycles. The first-order valence-electron chi connectivity index (χ1n) is 19.8. The summed E-state index contributed by atoms with van der Waals surface area (Å²) in [7, 11) is 0. The Labute approximate surface area is 612 Å². The maximum atomic E-state index is 11.5. The van der Waals surface area contributed by atoms with Crippen LogP contribution in [-0.2, 0) is 14.2 Å². The molecular formula is C44H42Cs4N6O11. The van der Waals surface area contributed by atoms with E-state index >= 15 is 0 Å². The van der Waals surface area contributed by atoms with Crippen molar-refractivity contribution in [2.75, 3.05) is 98.7 Å². The first-order valence-corrected chi connectivity index (χ1v) is 19.8. The second-order valence-corrected chi connectivity index (χ2v) is 14.4. The largest absolute Gasteiger partial charge is 1.00 e. The molecule has 0 aromatic heterocycles. The first-order chi connectivity index (χ1) is 29.5. The minimum atomic E-state index is -1.49. The average molecular weight is 1360 g/mol. The number of anilines is 4. The van der Waals surface area contributed by atoms with Gasteiger partial charge in [-0.3, -0.25) is 10.0 Å². The van der Waals surface area contributed by atoms with Crippen LogP contribution in [0.5, 0.6) is 0 Å². The first kappa shape index (κ1) is 60.7. The quantitative estimate of drug-likeness (QED) is 0.144. The van der Waals surface area contributed by atoms with Crippen LogP contribution in [0, 0.1) is 0 Å². The van der Waals surface area contributed by atoms with Gasteiger partial charge in [-0.1, -0.05) is 24.3 Å². The predicted molar refractivity (Wildman–Crippen MR) is 217 cm³/mol. The summed E-state index contributed by atoms with van der Waals surface area (Å²) in [6.07, 6.45) is 1.14. The zero-order valence-electron chi connectivity index (χ0n) is 37.2. The van der Waals surface area contributed by atoms with Crippen molar-refractivity contribution in [2.45, 2.75) is 12.8 Å². The number of aromatic carboxylic acids is 4.